The van der Waals surface area contributed by atoms with Crippen LogP contribution in [0.15, 0.2) is 42.5 Å². The van der Waals surface area contributed by atoms with E-state index < -0.39 is 17.6 Å². The summed E-state index contributed by atoms with van der Waals surface area (Å²) >= 11 is 0. The molecule has 0 spiro atoms. The minimum Gasteiger partial charge on any atom is -0.494 e. The molecule has 0 unspecified atom stereocenters. The summed E-state index contributed by atoms with van der Waals surface area (Å²) in [6.07, 6.45) is 1.81. The average molecular weight is 377 g/mol. The molecule has 1 aromatic heterocycles. The maximum absolute atomic E-state index is 13.1. The minimum absolute atomic E-state index is 0.0195. The summed E-state index contributed by atoms with van der Waals surface area (Å²) in [4.78, 5) is 47.4. The molecule has 3 rings (SSSR count). The zero-order valence-electron chi connectivity index (χ0n) is 15.6. The lowest BCUT2D eigenvalue weighted by Crippen LogP contribution is -2.06. The van der Waals surface area contributed by atoms with Gasteiger partial charge in [0.1, 0.15) is 6.29 Å². The Labute approximate surface area is 161 Å². The second kappa shape index (κ2) is 7.60. The Morgan fingerprint density at radius 2 is 1.64 bits per heavy atom. The normalized spacial score (nSPS) is 10.8. The molecule has 0 saturated heterocycles. The molecule has 28 heavy (non-hydrogen) atoms. The summed E-state index contributed by atoms with van der Waals surface area (Å²) < 4.78 is 1.06. The van der Waals surface area contributed by atoms with Crippen LogP contribution in [0.3, 0.4) is 0 Å². The van der Waals surface area contributed by atoms with Crippen LogP contribution in [0, 0.1) is 0 Å². The molecule has 0 aliphatic rings. The largest absolute Gasteiger partial charge is 0.494 e. The summed E-state index contributed by atoms with van der Waals surface area (Å²) in [6.45, 7) is 2.69. The summed E-state index contributed by atoms with van der Waals surface area (Å²) in [5.74, 6) is -1.53. The first-order valence-electron chi connectivity index (χ1n) is 8.81. The van der Waals surface area contributed by atoms with Gasteiger partial charge >= 0.3 is 0 Å². The zero-order valence-corrected chi connectivity index (χ0v) is 15.6. The molecule has 6 nitrogen and oxygen atoms in total. The third kappa shape index (κ3) is 3.36. The number of hydrogen-bond acceptors (Lipinski definition) is 5. The number of ketones is 2. The van der Waals surface area contributed by atoms with Gasteiger partial charge in [0.25, 0.3) is 0 Å². The number of benzene rings is 2. The van der Waals surface area contributed by atoms with Crippen molar-refractivity contribution in [3.05, 3.63) is 64.7 Å². The quantitative estimate of drug-likeness (QED) is 0.523. The van der Waals surface area contributed by atoms with E-state index in [0.29, 0.717) is 34.9 Å². The highest BCUT2D eigenvalue weighted by Crippen LogP contribution is 2.34. The Morgan fingerprint density at radius 1 is 1.00 bits per heavy atom. The number of rotatable bonds is 6. The third-order valence-electron chi connectivity index (χ3n) is 4.66. The summed E-state index contributed by atoms with van der Waals surface area (Å²) in [5, 5.41) is 11.0. The molecular formula is C22H19NO5. The van der Waals surface area contributed by atoms with Crippen molar-refractivity contribution in [1.29, 1.82) is 0 Å². The van der Waals surface area contributed by atoms with Gasteiger partial charge in [0.2, 0.25) is 11.8 Å². The molecule has 3 aromatic rings. The van der Waals surface area contributed by atoms with Crippen molar-refractivity contribution >= 4 is 34.7 Å². The van der Waals surface area contributed by atoms with E-state index in [-0.39, 0.29) is 11.3 Å². The van der Waals surface area contributed by atoms with E-state index in [4.69, 9.17) is 0 Å². The lowest BCUT2D eigenvalue weighted by Gasteiger charge is -2.04. The van der Waals surface area contributed by atoms with Crippen molar-refractivity contribution in [2.75, 3.05) is 0 Å². The van der Waals surface area contributed by atoms with Crippen LogP contribution in [-0.2, 0) is 11.2 Å². The first-order chi connectivity index (χ1) is 13.3. The highest BCUT2D eigenvalue weighted by molar-refractivity contribution is 6.20. The maximum atomic E-state index is 13.1. The number of carbonyl (C=O) groups excluding carboxylic acids is 4. The van der Waals surface area contributed by atoms with Gasteiger partial charge in [-0.05, 0) is 37.1 Å². The van der Waals surface area contributed by atoms with E-state index in [1.807, 2.05) is 0 Å². The number of carbonyl (C=O) groups is 4. The lowest BCUT2D eigenvalue weighted by molar-refractivity contribution is -0.107. The van der Waals surface area contributed by atoms with Gasteiger partial charge in [-0.25, -0.2) is 0 Å². The maximum Gasteiger partial charge on any atom is 0.230 e. The Hall–Kier alpha value is -3.54. The van der Waals surface area contributed by atoms with Crippen molar-refractivity contribution in [1.82, 2.24) is 4.57 Å². The van der Waals surface area contributed by atoms with Crippen LogP contribution in [0.2, 0.25) is 0 Å². The molecule has 0 bridgehead atoms. The standard InChI is InChI=1S/C22H19NO5/c1-13(25)17-9-10-19-18(12-17)20(22(28)23(19)14(2)26)21(27)16-7-5-15(6-8-16)4-3-11-24/h5-12,28H,3-4H2,1-2H3. The van der Waals surface area contributed by atoms with Gasteiger partial charge in [0, 0.05) is 29.9 Å². The van der Waals surface area contributed by atoms with Gasteiger partial charge in [-0.2, -0.15) is 0 Å². The molecule has 142 valence electrons. The van der Waals surface area contributed by atoms with Crippen molar-refractivity contribution in [2.45, 2.75) is 26.7 Å². The highest BCUT2D eigenvalue weighted by atomic mass is 16.3. The SMILES string of the molecule is CC(=O)c1ccc2c(c1)c(C(=O)c1ccc(CCC=O)cc1)c(O)n2C(C)=O. The molecule has 1 heterocycles. The van der Waals surface area contributed by atoms with Crippen molar-refractivity contribution in [3.63, 3.8) is 0 Å². The molecule has 0 radical (unpaired) electrons. The molecule has 0 amide bonds. The second-order valence-electron chi connectivity index (χ2n) is 6.57. The van der Waals surface area contributed by atoms with Gasteiger partial charge in [0.05, 0.1) is 11.1 Å². The Kier molecular flexibility index (Phi) is 5.22. The summed E-state index contributed by atoms with van der Waals surface area (Å²) in [5.41, 5.74) is 1.97. The number of aryl methyl sites for hydroxylation is 1. The second-order valence-corrected chi connectivity index (χ2v) is 6.57. The van der Waals surface area contributed by atoms with E-state index in [2.05, 4.69) is 0 Å². The zero-order chi connectivity index (χ0) is 20.4. The molecule has 0 atom stereocenters. The van der Waals surface area contributed by atoms with Crippen LogP contribution < -0.4 is 0 Å². The molecule has 2 aromatic carbocycles. The molecular weight excluding hydrogens is 358 g/mol. The predicted octanol–water partition coefficient (Wildman–Crippen LogP) is 3.57. The number of nitrogens with zero attached hydrogens (tertiary/aromatic N) is 1. The van der Waals surface area contributed by atoms with Crippen LogP contribution >= 0.6 is 0 Å². The van der Waals surface area contributed by atoms with Gasteiger partial charge in [-0.15, -0.1) is 0 Å². The van der Waals surface area contributed by atoms with E-state index in [9.17, 15) is 24.3 Å². The van der Waals surface area contributed by atoms with E-state index in [1.54, 1.807) is 36.4 Å². The Morgan fingerprint density at radius 3 is 2.21 bits per heavy atom. The fraction of sp³-hybridized carbons (Fsp3) is 0.182. The number of aromatic nitrogens is 1. The smallest absolute Gasteiger partial charge is 0.230 e. The number of hydrogen-bond donors (Lipinski definition) is 1. The lowest BCUT2D eigenvalue weighted by atomic mass is 9.99. The summed E-state index contributed by atoms with van der Waals surface area (Å²) in [6, 6.07) is 11.4. The molecule has 1 N–H and O–H groups in total. The van der Waals surface area contributed by atoms with Gasteiger partial charge in [0.15, 0.2) is 11.6 Å². The minimum atomic E-state index is -0.454. The van der Waals surface area contributed by atoms with Gasteiger partial charge in [-0.1, -0.05) is 24.3 Å². The Bertz CT molecular complexity index is 1110. The molecule has 0 fully saturated rings. The first kappa shape index (κ1) is 19.2. The molecule has 0 aliphatic heterocycles. The third-order valence-corrected chi connectivity index (χ3v) is 4.66. The molecule has 6 heteroatoms. The van der Waals surface area contributed by atoms with Crippen molar-refractivity contribution in [2.24, 2.45) is 0 Å². The number of aldehydes is 1. The number of Topliss-reactive ketones (excluding diaryl/α,β-unsaturated/α-hetero) is 1. The van der Waals surface area contributed by atoms with E-state index >= 15 is 0 Å². The molecule has 0 saturated carbocycles. The average Bonchev–Trinajstić information content (AvgIpc) is 2.97. The van der Waals surface area contributed by atoms with Crippen LogP contribution in [0.5, 0.6) is 5.88 Å². The van der Waals surface area contributed by atoms with Crippen LogP contribution in [-0.4, -0.2) is 33.4 Å². The van der Waals surface area contributed by atoms with Crippen LogP contribution in [0.1, 0.15) is 56.9 Å². The highest BCUT2D eigenvalue weighted by Gasteiger charge is 2.25. The van der Waals surface area contributed by atoms with Gasteiger partial charge < -0.3 is 9.90 Å². The van der Waals surface area contributed by atoms with Crippen LogP contribution in [0.25, 0.3) is 10.9 Å². The van der Waals surface area contributed by atoms with Gasteiger partial charge in [-0.3, -0.25) is 19.0 Å². The fourth-order valence-electron chi connectivity index (χ4n) is 3.23. The van der Waals surface area contributed by atoms with E-state index in [1.165, 1.54) is 19.9 Å². The summed E-state index contributed by atoms with van der Waals surface area (Å²) in [7, 11) is 0. The predicted molar refractivity (Wildman–Crippen MR) is 104 cm³/mol. The van der Waals surface area contributed by atoms with E-state index in [0.717, 1.165) is 16.4 Å². The van der Waals surface area contributed by atoms with Crippen molar-refractivity contribution < 1.29 is 24.3 Å². The number of aromatic hydroxyl groups is 1. The molecule has 0 aliphatic carbocycles. The Balaban J connectivity index is 2.15. The topological polar surface area (TPSA) is 93.4 Å². The van der Waals surface area contributed by atoms with Crippen molar-refractivity contribution in [3.8, 4) is 5.88 Å². The van der Waals surface area contributed by atoms with Crippen LogP contribution in [0.4, 0.5) is 0 Å². The first-order valence-corrected chi connectivity index (χ1v) is 8.81. The number of fused-ring (bicyclic) bond motifs is 1. The monoisotopic (exact) mass is 377 g/mol. The fourth-order valence-corrected chi connectivity index (χ4v) is 3.23.